The fourth-order valence-corrected chi connectivity index (χ4v) is 8.09. The van der Waals surface area contributed by atoms with Crippen LogP contribution in [0.25, 0.3) is 0 Å². The zero-order valence-corrected chi connectivity index (χ0v) is 16.9. The molecule has 6 nitrogen and oxygen atoms in total. The molecule has 0 N–H and O–H groups in total. The van der Waals surface area contributed by atoms with Crippen molar-refractivity contribution in [3.8, 4) is 11.5 Å². The highest BCUT2D eigenvalue weighted by atomic mass is 16.5. The lowest BCUT2D eigenvalue weighted by Crippen LogP contribution is -2.70. The Balaban J connectivity index is 1.57. The Bertz CT molecular complexity index is 989. The van der Waals surface area contributed by atoms with E-state index in [1.165, 1.54) is 17.6 Å². The van der Waals surface area contributed by atoms with Gasteiger partial charge in [0, 0.05) is 29.5 Å². The van der Waals surface area contributed by atoms with Crippen molar-refractivity contribution in [2.45, 2.75) is 49.3 Å². The number of methoxy groups -OCH3 is 2. The second-order valence-corrected chi connectivity index (χ2v) is 9.50. The van der Waals surface area contributed by atoms with Gasteiger partial charge in [0.15, 0.2) is 11.5 Å². The van der Waals surface area contributed by atoms with Crippen LogP contribution in [-0.4, -0.2) is 62.9 Å². The molecule has 0 radical (unpaired) electrons. The average Bonchev–Trinajstić information content (AvgIpc) is 3.15. The predicted molar refractivity (Wildman–Crippen MR) is 107 cm³/mol. The Hall–Kier alpha value is -2.05. The fraction of sp³-hybridized carbons (Fsp3) is 0.609. The Labute approximate surface area is 170 Å². The van der Waals surface area contributed by atoms with Crippen LogP contribution in [0, 0.1) is 5.41 Å². The summed E-state index contributed by atoms with van der Waals surface area (Å²) >= 11 is 0. The summed E-state index contributed by atoms with van der Waals surface area (Å²) in [6.45, 7) is 2.77. The maximum atomic E-state index is 13.5. The number of ether oxygens (including phenoxy) is 3. The van der Waals surface area contributed by atoms with Crippen molar-refractivity contribution in [2.24, 2.45) is 5.41 Å². The first-order chi connectivity index (χ1) is 14.1. The normalized spacial score (nSPS) is 42.9. The van der Waals surface area contributed by atoms with Gasteiger partial charge < -0.3 is 19.1 Å². The van der Waals surface area contributed by atoms with Crippen molar-refractivity contribution in [1.82, 2.24) is 4.90 Å². The number of anilines is 1. The van der Waals surface area contributed by atoms with Crippen LogP contribution in [0.15, 0.2) is 23.8 Å². The van der Waals surface area contributed by atoms with E-state index < -0.39 is 0 Å². The smallest absolute Gasteiger partial charge is 0.229 e. The number of fused-ring (bicyclic) bond motifs is 3. The number of carbonyl (C=O) groups excluding carboxylic acids is 1. The maximum Gasteiger partial charge on any atom is 0.229 e. The molecule has 2 spiro atoms. The third kappa shape index (κ3) is 1.62. The molecule has 6 heteroatoms. The number of nitrogens with zero attached hydrogens (tertiary/aromatic N) is 2. The van der Waals surface area contributed by atoms with Crippen LogP contribution in [0.4, 0.5) is 5.69 Å². The monoisotopic (exact) mass is 394 g/mol. The van der Waals surface area contributed by atoms with Crippen molar-refractivity contribution in [3.05, 3.63) is 29.3 Å². The van der Waals surface area contributed by atoms with Crippen LogP contribution >= 0.6 is 0 Å². The van der Waals surface area contributed by atoms with Crippen molar-refractivity contribution < 1.29 is 19.0 Å². The summed E-state index contributed by atoms with van der Waals surface area (Å²) in [5.74, 6) is 1.66. The Morgan fingerprint density at radius 3 is 2.79 bits per heavy atom. The van der Waals surface area contributed by atoms with E-state index in [1.807, 2.05) is 6.07 Å². The Morgan fingerprint density at radius 2 is 1.97 bits per heavy atom. The van der Waals surface area contributed by atoms with Gasteiger partial charge in [0.1, 0.15) is 0 Å². The molecule has 6 aliphatic heterocycles. The van der Waals surface area contributed by atoms with Crippen LogP contribution in [-0.2, 0) is 14.9 Å². The topological polar surface area (TPSA) is 51.2 Å². The molecular weight excluding hydrogens is 368 g/mol. The van der Waals surface area contributed by atoms with E-state index in [-0.39, 0.29) is 28.9 Å². The van der Waals surface area contributed by atoms with Gasteiger partial charge in [-0.15, -0.1) is 0 Å². The fourth-order valence-electron chi connectivity index (χ4n) is 8.09. The van der Waals surface area contributed by atoms with Gasteiger partial charge in [0.25, 0.3) is 0 Å². The third-order valence-electron chi connectivity index (χ3n) is 8.98. The maximum absolute atomic E-state index is 13.5. The minimum atomic E-state index is -0.0582. The molecule has 1 aromatic carbocycles. The number of amides is 1. The quantitative estimate of drug-likeness (QED) is 0.721. The van der Waals surface area contributed by atoms with Crippen LogP contribution < -0.4 is 14.4 Å². The Kier molecular flexibility index (Phi) is 2.97. The first kappa shape index (κ1) is 16.7. The van der Waals surface area contributed by atoms with Crippen molar-refractivity contribution in [1.29, 1.82) is 0 Å². The van der Waals surface area contributed by atoms with Crippen molar-refractivity contribution >= 4 is 11.6 Å². The second kappa shape index (κ2) is 5.16. The van der Waals surface area contributed by atoms with Crippen LogP contribution in [0.3, 0.4) is 0 Å². The van der Waals surface area contributed by atoms with E-state index in [1.54, 1.807) is 14.2 Å². The highest BCUT2D eigenvalue weighted by Gasteiger charge is 2.75. The molecule has 4 saturated heterocycles. The number of carbonyl (C=O) groups is 1. The molecule has 5 fully saturated rings. The SMILES string of the molecule is COc1cc2c(cc1OC)[C@@]13CCN4CC5=CCO[C@H]6CC(=O)N2[C@H]1[C@@]56CC[C@H]43. The van der Waals surface area contributed by atoms with E-state index in [0.29, 0.717) is 24.8 Å². The van der Waals surface area contributed by atoms with Gasteiger partial charge in [0.2, 0.25) is 5.91 Å². The van der Waals surface area contributed by atoms with E-state index >= 15 is 0 Å². The highest BCUT2D eigenvalue weighted by Crippen LogP contribution is 2.70. The molecule has 1 aliphatic carbocycles. The molecule has 0 aromatic heterocycles. The molecule has 7 aliphatic rings. The molecule has 1 unspecified atom stereocenters. The Morgan fingerprint density at radius 1 is 1.14 bits per heavy atom. The number of piperidine rings is 1. The molecule has 1 saturated carbocycles. The highest BCUT2D eigenvalue weighted by molar-refractivity contribution is 6.00. The van der Waals surface area contributed by atoms with Gasteiger partial charge >= 0.3 is 0 Å². The molecule has 8 rings (SSSR count). The largest absolute Gasteiger partial charge is 0.493 e. The molecular formula is C23H26N2O4. The van der Waals surface area contributed by atoms with Crippen LogP contribution in [0.2, 0.25) is 0 Å². The molecule has 1 amide bonds. The van der Waals surface area contributed by atoms with E-state index in [2.05, 4.69) is 21.9 Å². The summed E-state index contributed by atoms with van der Waals surface area (Å²) < 4.78 is 17.6. The van der Waals surface area contributed by atoms with Crippen LogP contribution in [0.1, 0.15) is 31.2 Å². The average molecular weight is 394 g/mol. The predicted octanol–water partition coefficient (Wildman–Crippen LogP) is 2.25. The van der Waals surface area contributed by atoms with E-state index in [4.69, 9.17) is 14.2 Å². The molecule has 152 valence electrons. The number of hydrogen-bond acceptors (Lipinski definition) is 5. The molecule has 6 heterocycles. The summed E-state index contributed by atoms with van der Waals surface area (Å²) in [5, 5.41) is 0. The molecule has 6 atom stereocenters. The summed E-state index contributed by atoms with van der Waals surface area (Å²) in [7, 11) is 3.36. The lowest BCUT2D eigenvalue weighted by atomic mass is 9.50. The summed E-state index contributed by atoms with van der Waals surface area (Å²) in [6, 6.07) is 4.83. The lowest BCUT2D eigenvalue weighted by Gasteiger charge is -2.60. The van der Waals surface area contributed by atoms with Gasteiger partial charge in [-0.25, -0.2) is 0 Å². The minimum Gasteiger partial charge on any atom is -0.493 e. The van der Waals surface area contributed by atoms with E-state index in [9.17, 15) is 4.79 Å². The molecule has 29 heavy (non-hydrogen) atoms. The summed E-state index contributed by atoms with van der Waals surface area (Å²) in [5.41, 5.74) is 3.74. The third-order valence-corrected chi connectivity index (χ3v) is 8.98. The van der Waals surface area contributed by atoms with Gasteiger partial charge in [-0.1, -0.05) is 6.08 Å². The molecule has 4 bridgehead atoms. The van der Waals surface area contributed by atoms with Gasteiger partial charge in [0.05, 0.1) is 45.1 Å². The van der Waals surface area contributed by atoms with Crippen molar-refractivity contribution in [3.63, 3.8) is 0 Å². The first-order valence-electron chi connectivity index (χ1n) is 10.8. The number of rotatable bonds is 2. The van der Waals surface area contributed by atoms with Crippen LogP contribution in [0.5, 0.6) is 11.5 Å². The number of hydrogen-bond donors (Lipinski definition) is 0. The van der Waals surface area contributed by atoms with E-state index in [0.717, 1.165) is 37.4 Å². The standard InChI is InChI=1S/C23H26N2O4/c1-27-16-9-14-15(10-17(16)28-2)25-20(26)11-19-22-5-3-18-23(14,21(22)25)6-7-24(18)12-13(22)4-8-29-19/h4,9-10,18-19,21H,3,5-8,11-12H2,1-2H3/t18-,19-,21-,22-,23+/m0/s1. The van der Waals surface area contributed by atoms with Gasteiger partial charge in [-0.3, -0.25) is 9.69 Å². The summed E-state index contributed by atoms with van der Waals surface area (Å²) in [4.78, 5) is 18.4. The van der Waals surface area contributed by atoms with Crippen molar-refractivity contribution in [2.75, 3.05) is 38.8 Å². The first-order valence-corrected chi connectivity index (χ1v) is 10.8. The lowest BCUT2D eigenvalue weighted by molar-refractivity contribution is -0.138. The number of benzene rings is 1. The minimum absolute atomic E-state index is 0.00716. The van der Waals surface area contributed by atoms with Gasteiger partial charge in [-0.2, -0.15) is 0 Å². The molecule has 1 aromatic rings. The second-order valence-electron chi connectivity index (χ2n) is 9.50. The zero-order valence-electron chi connectivity index (χ0n) is 16.9. The zero-order chi connectivity index (χ0) is 19.5. The summed E-state index contributed by atoms with van der Waals surface area (Å²) in [6.07, 6.45) is 6.18. The van der Waals surface area contributed by atoms with Gasteiger partial charge in [-0.05, 0) is 43.0 Å².